The third-order valence-corrected chi connectivity index (χ3v) is 10.7. The van der Waals surface area contributed by atoms with Crippen LogP contribution in [0.2, 0.25) is 0 Å². The number of carboxylic acid groups (broad SMARTS) is 2. The van der Waals surface area contributed by atoms with Crippen LogP contribution < -0.4 is 4.74 Å². The number of aliphatic carboxylic acids is 2. The molecule has 3 atom stereocenters. The number of Topliss-reactive ketones (excluding diaryl/α,β-unsaturated/α-hetero) is 2. The molecule has 13 heteroatoms. The third-order valence-electron chi connectivity index (χ3n) is 10.7. The summed E-state index contributed by atoms with van der Waals surface area (Å²) in [7, 11) is 1.71. The Bertz CT molecular complexity index is 1650. The average Bonchev–Trinajstić information content (AvgIpc) is 3.75. The summed E-state index contributed by atoms with van der Waals surface area (Å²) in [5.74, 6) is -5.63. The van der Waals surface area contributed by atoms with Gasteiger partial charge in [-0.2, -0.15) is 0 Å². The maximum Gasteiger partial charge on any atom is 0.348 e. The summed E-state index contributed by atoms with van der Waals surface area (Å²) in [4.78, 5) is 66.0. The Labute approximate surface area is 321 Å². The van der Waals surface area contributed by atoms with E-state index in [1.807, 2.05) is 0 Å². The molecule has 13 nitrogen and oxygen atoms in total. The van der Waals surface area contributed by atoms with Gasteiger partial charge in [-0.05, 0) is 69.2 Å². The number of likely N-dealkylation sites (tertiary alicyclic amines) is 1. The molecular weight excluding hydrogens is 708 g/mol. The number of carboxylic acids is 2. The van der Waals surface area contributed by atoms with Gasteiger partial charge in [0.15, 0.2) is 0 Å². The van der Waals surface area contributed by atoms with E-state index < -0.39 is 45.8 Å². The lowest BCUT2D eigenvalue weighted by atomic mass is 9.73. The van der Waals surface area contributed by atoms with Crippen molar-refractivity contribution in [3.8, 4) is 5.75 Å². The fourth-order valence-corrected chi connectivity index (χ4v) is 7.38. The van der Waals surface area contributed by atoms with Gasteiger partial charge in [0, 0.05) is 42.7 Å². The number of likely N-dealkylation sites (N-methyl/N-ethyl adjacent to an activating group) is 1. The Balaban J connectivity index is 0.000000291. The monoisotopic (exact) mass is 762 g/mol. The quantitative estimate of drug-likeness (QED) is 0.129. The Morgan fingerprint density at radius 1 is 0.764 bits per heavy atom. The zero-order valence-electron chi connectivity index (χ0n) is 31.7. The molecule has 5 rings (SSSR count). The summed E-state index contributed by atoms with van der Waals surface area (Å²) in [5.41, 5.74) is -7.32. The van der Waals surface area contributed by atoms with Crippen LogP contribution in [0.3, 0.4) is 0 Å². The first-order chi connectivity index (χ1) is 25.8. The van der Waals surface area contributed by atoms with Crippen LogP contribution in [0.5, 0.6) is 5.75 Å². The zero-order valence-corrected chi connectivity index (χ0v) is 31.7. The summed E-state index contributed by atoms with van der Waals surface area (Å²) in [6.07, 6.45) is 8.09. The molecule has 1 amide bonds. The lowest BCUT2D eigenvalue weighted by Gasteiger charge is -2.37. The van der Waals surface area contributed by atoms with Crippen LogP contribution in [0.25, 0.3) is 0 Å². The van der Waals surface area contributed by atoms with Crippen LogP contribution in [-0.4, -0.2) is 116 Å². The molecule has 298 valence electrons. The Morgan fingerprint density at radius 2 is 1.22 bits per heavy atom. The molecule has 3 aromatic carbocycles. The van der Waals surface area contributed by atoms with Crippen molar-refractivity contribution in [1.82, 2.24) is 9.80 Å². The number of amides is 1. The van der Waals surface area contributed by atoms with Crippen molar-refractivity contribution in [2.24, 2.45) is 11.8 Å². The molecule has 1 aliphatic heterocycles. The SMILES string of the molecule is CCN(CC1CCN(C(=O)C2CCCC2)CC1)C(C)Cc1ccc(OC)cc1.O.O=C(O)C(O)(C(=O)c1ccccc1)C(O)(C(=O)O)C(=O)c1ccccc1. The zero-order chi connectivity index (χ0) is 39.5. The summed E-state index contributed by atoms with van der Waals surface area (Å²) >= 11 is 0. The molecular formula is C42H54N2O11. The van der Waals surface area contributed by atoms with Crippen molar-refractivity contribution in [1.29, 1.82) is 0 Å². The summed E-state index contributed by atoms with van der Waals surface area (Å²) in [5, 5.41) is 39.9. The fraction of sp³-hybridized carbons (Fsp3) is 0.452. The average molecular weight is 763 g/mol. The number of benzene rings is 3. The predicted octanol–water partition coefficient (Wildman–Crippen LogP) is 3.94. The molecule has 1 saturated carbocycles. The Hall–Kier alpha value is -4.95. The van der Waals surface area contributed by atoms with Crippen LogP contribution in [0, 0.1) is 11.8 Å². The number of hydrogen-bond donors (Lipinski definition) is 4. The number of ether oxygens (including phenoxy) is 1. The van der Waals surface area contributed by atoms with Gasteiger partial charge in [-0.3, -0.25) is 14.4 Å². The molecule has 6 N–H and O–H groups in total. The highest BCUT2D eigenvalue weighted by atomic mass is 16.5. The second kappa shape index (κ2) is 20.1. The molecule has 0 bridgehead atoms. The van der Waals surface area contributed by atoms with Gasteiger partial charge < -0.3 is 40.4 Å². The van der Waals surface area contributed by atoms with Crippen LogP contribution in [-0.2, 0) is 20.8 Å². The predicted molar refractivity (Wildman–Crippen MR) is 205 cm³/mol. The third kappa shape index (κ3) is 10.2. The van der Waals surface area contributed by atoms with Crippen LogP contribution >= 0.6 is 0 Å². The first-order valence-corrected chi connectivity index (χ1v) is 18.5. The Morgan fingerprint density at radius 3 is 1.62 bits per heavy atom. The molecule has 0 radical (unpaired) electrons. The number of ketones is 2. The minimum atomic E-state index is -3.95. The van der Waals surface area contributed by atoms with Gasteiger partial charge in [-0.25, -0.2) is 9.59 Å². The van der Waals surface area contributed by atoms with Crippen molar-refractivity contribution < 1.29 is 54.6 Å². The van der Waals surface area contributed by atoms with Gasteiger partial charge in [-0.15, -0.1) is 0 Å². The molecule has 1 heterocycles. The highest BCUT2D eigenvalue weighted by molar-refractivity contribution is 6.28. The minimum absolute atomic E-state index is 0. The van der Waals surface area contributed by atoms with Crippen molar-refractivity contribution in [2.45, 2.75) is 76.0 Å². The number of carbonyl (C=O) groups is 5. The second-order valence-corrected chi connectivity index (χ2v) is 14.2. The van der Waals surface area contributed by atoms with Gasteiger partial charge in [0.05, 0.1) is 7.11 Å². The van der Waals surface area contributed by atoms with E-state index in [2.05, 4.69) is 47.9 Å². The van der Waals surface area contributed by atoms with Gasteiger partial charge >= 0.3 is 11.9 Å². The standard InChI is InChI=1S/C24H38N2O2.C18H14O8.H2O/c1-4-25(19(2)17-20-9-11-23(28-3)12-10-20)18-21-13-15-26(16-14-21)24(27)22-7-5-6-8-22;19-13(11-7-3-1-4-8-11)17(25,15(21)22)18(26,16(23)24)14(20)12-9-5-2-6-10-12;/h9-12,19,21-22H,4-8,13-18H2,1-3H3;1-10,25-26H,(H,21,22)(H,23,24);1H2. The normalized spacial score (nSPS) is 17.4. The van der Waals surface area contributed by atoms with Crippen LogP contribution in [0.1, 0.15) is 78.7 Å². The van der Waals surface area contributed by atoms with Crippen molar-refractivity contribution >= 4 is 29.4 Å². The number of hydrogen-bond acceptors (Lipinski definition) is 9. The van der Waals surface area contributed by atoms with E-state index in [0.29, 0.717) is 23.8 Å². The lowest BCUT2D eigenvalue weighted by Crippen LogP contribution is -2.71. The first-order valence-electron chi connectivity index (χ1n) is 18.5. The summed E-state index contributed by atoms with van der Waals surface area (Å²) in [6.45, 7) is 8.77. The van der Waals surface area contributed by atoms with E-state index >= 15 is 0 Å². The van der Waals surface area contributed by atoms with E-state index in [1.165, 1.54) is 54.8 Å². The molecule has 3 unspecified atom stereocenters. The van der Waals surface area contributed by atoms with E-state index in [1.54, 1.807) is 7.11 Å². The molecule has 0 spiro atoms. The number of methoxy groups -OCH3 is 1. The number of carbonyl (C=O) groups excluding carboxylic acids is 3. The van der Waals surface area contributed by atoms with Gasteiger partial charge in [0.1, 0.15) is 5.75 Å². The number of aliphatic hydroxyl groups is 2. The molecule has 2 fully saturated rings. The molecule has 1 saturated heterocycles. The highest BCUT2D eigenvalue weighted by Gasteiger charge is 2.69. The van der Waals surface area contributed by atoms with Crippen LogP contribution in [0.4, 0.5) is 0 Å². The van der Waals surface area contributed by atoms with E-state index in [4.69, 9.17) is 4.74 Å². The number of rotatable bonds is 15. The minimum Gasteiger partial charge on any atom is -0.497 e. The number of nitrogens with zero attached hydrogens (tertiary/aromatic N) is 2. The molecule has 1 aliphatic carbocycles. The van der Waals surface area contributed by atoms with E-state index in [-0.39, 0.29) is 5.48 Å². The van der Waals surface area contributed by atoms with Crippen LogP contribution in [0.15, 0.2) is 84.9 Å². The second-order valence-electron chi connectivity index (χ2n) is 14.2. The Kier molecular flexibility index (Phi) is 16.2. The van der Waals surface area contributed by atoms with Gasteiger partial charge in [0.2, 0.25) is 17.5 Å². The summed E-state index contributed by atoms with van der Waals surface area (Å²) in [6, 6.07) is 21.8. The molecule has 55 heavy (non-hydrogen) atoms. The topological polar surface area (TPSA) is 213 Å². The van der Waals surface area contributed by atoms with E-state index in [9.17, 15) is 44.4 Å². The molecule has 0 aromatic heterocycles. The van der Waals surface area contributed by atoms with Gasteiger partial charge in [-0.1, -0.05) is 92.6 Å². The fourth-order valence-electron chi connectivity index (χ4n) is 7.38. The van der Waals surface area contributed by atoms with Crippen molar-refractivity contribution in [2.75, 3.05) is 33.3 Å². The van der Waals surface area contributed by atoms with Gasteiger partial charge in [0.25, 0.3) is 11.2 Å². The first kappa shape index (κ1) is 44.4. The lowest BCUT2D eigenvalue weighted by molar-refractivity contribution is -0.187. The largest absolute Gasteiger partial charge is 0.497 e. The van der Waals surface area contributed by atoms with Crippen molar-refractivity contribution in [3.05, 3.63) is 102 Å². The maximum atomic E-state index is 12.6. The summed E-state index contributed by atoms with van der Waals surface area (Å²) < 4.78 is 5.26. The molecule has 2 aliphatic rings. The smallest absolute Gasteiger partial charge is 0.348 e. The van der Waals surface area contributed by atoms with Crippen molar-refractivity contribution in [3.63, 3.8) is 0 Å². The molecule has 3 aromatic rings. The highest BCUT2D eigenvalue weighted by Crippen LogP contribution is 2.32. The van der Waals surface area contributed by atoms with E-state index in [0.717, 1.165) is 88.3 Å². The maximum absolute atomic E-state index is 12.6. The number of piperidine rings is 1.